The number of ether oxygens (including phenoxy) is 1. The summed E-state index contributed by atoms with van der Waals surface area (Å²) >= 11 is 0. The quantitative estimate of drug-likeness (QED) is 0.750. The van der Waals surface area contributed by atoms with Crippen LogP contribution in [0.2, 0.25) is 0 Å². The Morgan fingerprint density at radius 1 is 1.25 bits per heavy atom. The first-order valence-corrected chi connectivity index (χ1v) is 7.04. The Bertz CT molecular complexity index is 354. The predicted molar refractivity (Wildman–Crippen MR) is 75.6 cm³/mol. The molecule has 0 aliphatic carbocycles. The molecular weight excluding hydrogens is 260 g/mol. The molecule has 0 aromatic heterocycles. The summed E-state index contributed by atoms with van der Waals surface area (Å²) in [6, 6.07) is 0.358. The fraction of sp³-hybridized carbons (Fsp3) is 0.857. The molecule has 0 aromatic rings. The van der Waals surface area contributed by atoms with Gasteiger partial charge in [-0.05, 0) is 34.6 Å². The summed E-state index contributed by atoms with van der Waals surface area (Å²) < 4.78 is 5.33. The Kier molecular flexibility index (Phi) is 5.53. The third-order valence-corrected chi connectivity index (χ3v) is 3.42. The van der Waals surface area contributed by atoms with Gasteiger partial charge in [0, 0.05) is 25.2 Å². The van der Waals surface area contributed by atoms with Gasteiger partial charge in [0.25, 0.3) is 0 Å². The molecular formula is C14H26N2O4. The minimum Gasteiger partial charge on any atom is -0.480 e. The van der Waals surface area contributed by atoms with E-state index in [2.05, 4.69) is 0 Å². The standard InChI is InChI=1S/C14H26N2O4/c1-10(2)16(11(3)4)12(17)6-15-8-14(5,9-15)20-7-13(18)19/h10-11H,6-9H2,1-5H3,(H,18,19). The molecule has 1 N–H and O–H groups in total. The van der Waals surface area contributed by atoms with Crippen molar-refractivity contribution in [1.29, 1.82) is 0 Å². The zero-order valence-corrected chi connectivity index (χ0v) is 13.0. The van der Waals surface area contributed by atoms with Gasteiger partial charge in [0.2, 0.25) is 5.91 Å². The van der Waals surface area contributed by atoms with Crippen molar-refractivity contribution >= 4 is 11.9 Å². The Labute approximate surface area is 120 Å². The van der Waals surface area contributed by atoms with Crippen molar-refractivity contribution < 1.29 is 19.4 Å². The molecule has 0 unspecified atom stereocenters. The van der Waals surface area contributed by atoms with Gasteiger partial charge in [0.05, 0.1) is 12.1 Å². The highest BCUT2D eigenvalue weighted by Crippen LogP contribution is 2.24. The number of hydrogen-bond acceptors (Lipinski definition) is 4. The number of likely N-dealkylation sites (tertiary alicyclic amines) is 1. The number of carbonyl (C=O) groups excluding carboxylic acids is 1. The third-order valence-electron chi connectivity index (χ3n) is 3.42. The lowest BCUT2D eigenvalue weighted by Crippen LogP contribution is -2.64. The van der Waals surface area contributed by atoms with Crippen LogP contribution in [0.5, 0.6) is 0 Å². The lowest BCUT2D eigenvalue weighted by molar-refractivity contribution is -0.168. The second-order valence-corrected chi connectivity index (χ2v) is 6.27. The molecule has 1 heterocycles. The van der Waals surface area contributed by atoms with Crippen molar-refractivity contribution in [3.63, 3.8) is 0 Å². The van der Waals surface area contributed by atoms with Gasteiger partial charge >= 0.3 is 5.97 Å². The van der Waals surface area contributed by atoms with Gasteiger partial charge in [-0.25, -0.2) is 4.79 Å². The average Bonchev–Trinajstić information content (AvgIpc) is 2.22. The van der Waals surface area contributed by atoms with Gasteiger partial charge in [-0.2, -0.15) is 0 Å². The van der Waals surface area contributed by atoms with E-state index in [1.807, 2.05) is 44.4 Å². The maximum atomic E-state index is 12.3. The molecule has 20 heavy (non-hydrogen) atoms. The maximum Gasteiger partial charge on any atom is 0.329 e. The zero-order chi connectivity index (χ0) is 15.5. The van der Waals surface area contributed by atoms with Gasteiger partial charge in [0.1, 0.15) is 6.61 Å². The topological polar surface area (TPSA) is 70.1 Å². The zero-order valence-electron chi connectivity index (χ0n) is 13.0. The van der Waals surface area contributed by atoms with E-state index < -0.39 is 11.6 Å². The Hall–Kier alpha value is -1.14. The van der Waals surface area contributed by atoms with E-state index in [0.29, 0.717) is 19.6 Å². The van der Waals surface area contributed by atoms with Crippen LogP contribution in [-0.4, -0.2) is 70.7 Å². The van der Waals surface area contributed by atoms with Gasteiger partial charge in [-0.1, -0.05) is 0 Å². The van der Waals surface area contributed by atoms with Crippen LogP contribution < -0.4 is 0 Å². The summed E-state index contributed by atoms with van der Waals surface area (Å²) in [5.41, 5.74) is -0.445. The van der Waals surface area contributed by atoms with Crippen molar-refractivity contribution in [2.45, 2.75) is 52.3 Å². The van der Waals surface area contributed by atoms with Crippen molar-refractivity contribution in [2.24, 2.45) is 0 Å². The minimum absolute atomic E-state index is 0.107. The SMILES string of the molecule is CC(C)N(C(=O)CN1CC(C)(OCC(=O)O)C1)C(C)C. The molecule has 6 heteroatoms. The third kappa shape index (κ3) is 4.45. The number of amides is 1. The number of carboxylic acid groups (broad SMARTS) is 1. The van der Waals surface area contributed by atoms with Crippen LogP contribution in [-0.2, 0) is 14.3 Å². The Morgan fingerprint density at radius 3 is 2.15 bits per heavy atom. The molecule has 0 radical (unpaired) electrons. The monoisotopic (exact) mass is 286 g/mol. The highest BCUT2D eigenvalue weighted by atomic mass is 16.5. The van der Waals surface area contributed by atoms with Crippen LogP contribution in [0.4, 0.5) is 0 Å². The molecule has 1 rings (SSSR count). The van der Waals surface area contributed by atoms with Gasteiger partial charge in [-0.3, -0.25) is 9.69 Å². The van der Waals surface area contributed by atoms with E-state index in [1.165, 1.54) is 0 Å². The normalized spacial score (nSPS) is 18.1. The molecule has 116 valence electrons. The van der Waals surface area contributed by atoms with Gasteiger partial charge in [0.15, 0.2) is 0 Å². The molecule has 1 saturated heterocycles. The second-order valence-electron chi connectivity index (χ2n) is 6.27. The Morgan fingerprint density at radius 2 is 1.75 bits per heavy atom. The van der Waals surface area contributed by atoms with Crippen molar-refractivity contribution in [3.05, 3.63) is 0 Å². The second kappa shape index (κ2) is 6.54. The van der Waals surface area contributed by atoms with Crippen LogP contribution in [0.25, 0.3) is 0 Å². The van der Waals surface area contributed by atoms with Crippen LogP contribution in [0, 0.1) is 0 Å². The first kappa shape index (κ1) is 16.9. The summed E-state index contributed by atoms with van der Waals surface area (Å²) in [5, 5.41) is 8.60. The smallest absolute Gasteiger partial charge is 0.329 e. The van der Waals surface area contributed by atoms with E-state index in [-0.39, 0.29) is 24.6 Å². The maximum absolute atomic E-state index is 12.3. The highest BCUT2D eigenvalue weighted by molar-refractivity contribution is 5.79. The van der Waals surface area contributed by atoms with E-state index in [4.69, 9.17) is 9.84 Å². The number of carboxylic acids is 1. The molecule has 1 aliphatic rings. The number of rotatable bonds is 7. The van der Waals surface area contributed by atoms with Gasteiger partial charge in [-0.15, -0.1) is 0 Å². The molecule has 0 atom stereocenters. The lowest BCUT2D eigenvalue weighted by atomic mass is 9.96. The van der Waals surface area contributed by atoms with Gasteiger partial charge < -0.3 is 14.7 Å². The minimum atomic E-state index is -0.966. The predicted octanol–water partition coefficient (Wildman–Crippen LogP) is 0.807. The molecule has 0 aromatic carbocycles. The van der Waals surface area contributed by atoms with E-state index in [0.717, 1.165) is 0 Å². The summed E-state index contributed by atoms with van der Waals surface area (Å²) in [4.78, 5) is 26.6. The van der Waals surface area contributed by atoms with E-state index in [1.54, 1.807) is 0 Å². The van der Waals surface area contributed by atoms with E-state index in [9.17, 15) is 9.59 Å². The lowest BCUT2D eigenvalue weighted by Gasteiger charge is -2.47. The number of nitrogens with zero attached hydrogens (tertiary/aromatic N) is 2. The molecule has 0 saturated carbocycles. The summed E-state index contributed by atoms with van der Waals surface area (Å²) in [6.45, 7) is 11.2. The summed E-state index contributed by atoms with van der Waals surface area (Å²) in [7, 11) is 0. The fourth-order valence-electron chi connectivity index (χ4n) is 2.78. The number of carbonyl (C=O) groups is 2. The van der Waals surface area contributed by atoms with Crippen molar-refractivity contribution in [1.82, 2.24) is 9.80 Å². The van der Waals surface area contributed by atoms with E-state index >= 15 is 0 Å². The highest BCUT2D eigenvalue weighted by Gasteiger charge is 2.41. The molecule has 0 bridgehead atoms. The van der Waals surface area contributed by atoms with Crippen LogP contribution in [0.3, 0.4) is 0 Å². The molecule has 1 fully saturated rings. The first-order valence-electron chi connectivity index (χ1n) is 7.04. The first-order chi connectivity index (χ1) is 9.14. The van der Waals surface area contributed by atoms with Crippen molar-refractivity contribution in [2.75, 3.05) is 26.2 Å². The number of aliphatic carboxylic acids is 1. The summed E-state index contributed by atoms with van der Waals surface area (Å²) in [5.74, 6) is -0.859. The molecule has 1 aliphatic heterocycles. The van der Waals surface area contributed by atoms with Crippen LogP contribution in [0.15, 0.2) is 0 Å². The van der Waals surface area contributed by atoms with Crippen LogP contribution >= 0.6 is 0 Å². The van der Waals surface area contributed by atoms with Crippen LogP contribution in [0.1, 0.15) is 34.6 Å². The average molecular weight is 286 g/mol. The largest absolute Gasteiger partial charge is 0.480 e. The molecule has 0 spiro atoms. The number of hydrogen-bond donors (Lipinski definition) is 1. The van der Waals surface area contributed by atoms with Crippen molar-refractivity contribution in [3.8, 4) is 0 Å². The molecule has 6 nitrogen and oxygen atoms in total. The molecule has 1 amide bonds. The fourth-order valence-corrected chi connectivity index (χ4v) is 2.78. The summed E-state index contributed by atoms with van der Waals surface area (Å²) in [6.07, 6.45) is 0. The Balaban J connectivity index is 2.41.